The summed E-state index contributed by atoms with van der Waals surface area (Å²) in [4.78, 5) is 12.1. The molecule has 0 saturated carbocycles. The van der Waals surface area contributed by atoms with Gasteiger partial charge in [0.2, 0.25) is 0 Å². The number of hydrogen-bond donors (Lipinski definition) is 0. The van der Waals surface area contributed by atoms with E-state index in [-0.39, 0.29) is 5.63 Å². The predicted octanol–water partition coefficient (Wildman–Crippen LogP) is 6.89. The molecule has 0 aliphatic rings. The van der Waals surface area contributed by atoms with Crippen LogP contribution in [0.25, 0.3) is 22.4 Å². The van der Waals surface area contributed by atoms with E-state index in [1.807, 2.05) is 49.4 Å². The van der Waals surface area contributed by atoms with Crippen LogP contribution < -0.4 is 5.63 Å². The van der Waals surface area contributed by atoms with E-state index in [9.17, 15) is 4.79 Å². The summed E-state index contributed by atoms with van der Waals surface area (Å²) in [5.74, 6) is 1.45. The van der Waals surface area contributed by atoms with E-state index in [4.69, 9.17) is 16.0 Å². The number of benzene rings is 2. The molecular formula is C25H26ClN3O2S. The van der Waals surface area contributed by atoms with E-state index in [1.165, 1.54) is 19.3 Å². The maximum atomic E-state index is 12.1. The van der Waals surface area contributed by atoms with Crippen LogP contribution in [-0.4, -0.2) is 14.8 Å². The van der Waals surface area contributed by atoms with Crippen LogP contribution in [0, 0.1) is 6.92 Å². The molecule has 0 unspecified atom stereocenters. The van der Waals surface area contributed by atoms with E-state index in [0.717, 1.165) is 46.0 Å². The molecule has 4 rings (SSSR count). The van der Waals surface area contributed by atoms with Gasteiger partial charge in [-0.25, -0.2) is 4.79 Å². The number of aryl methyl sites for hydroxylation is 1. The largest absolute Gasteiger partial charge is 0.423 e. The highest BCUT2D eigenvalue weighted by molar-refractivity contribution is 7.98. The van der Waals surface area contributed by atoms with E-state index >= 15 is 0 Å². The summed E-state index contributed by atoms with van der Waals surface area (Å²) in [5.41, 5.74) is 3.28. The Morgan fingerprint density at radius 1 is 1.03 bits per heavy atom. The standard InChI is InChI=1S/C25H26ClN3O2S/c1-3-4-5-6-13-29-24(18-8-10-20(26)11-9-18)27-28-25(29)32-16-19-15-23(30)31-22-14-17(2)7-12-21(19)22/h7-12,14-15H,3-6,13,16H2,1-2H3. The lowest BCUT2D eigenvalue weighted by molar-refractivity contribution is 0.556. The van der Waals surface area contributed by atoms with Crippen LogP contribution >= 0.6 is 23.4 Å². The Kier molecular flexibility index (Phi) is 7.33. The van der Waals surface area contributed by atoms with Crippen molar-refractivity contribution in [1.29, 1.82) is 0 Å². The third kappa shape index (κ3) is 5.25. The van der Waals surface area contributed by atoms with Crippen LogP contribution in [0.4, 0.5) is 0 Å². The van der Waals surface area contributed by atoms with Crippen molar-refractivity contribution in [1.82, 2.24) is 14.8 Å². The first-order valence-electron chi connectivity index (χ1n) is 10.9. The molecule has 0 radical (unpaired) electrons. The average molecular weight is 468 g/mol. The Balaban J connectivity index is 1.62. The van der Waals surface area contributed by atoms with Crippen molar-refractivity contribution >= 4 is 34.3 Å². The van der Waals surface area contributed by atoms with Gasteiger partial charge in [-0.1, -0.05) is 61.7 Å². The minimum absolute atomic E-state index is 0.332. The monoisotopic (exact) mass is 467 g/mol. The number of unbranched alkanes of at least 4 members (excludes halogenated alkanes) is 3. The number of fused-ring (bicyclic) bond motifs is 1. The first-order valence-corrected chi connectivity index (χ1v) is 12.3. The summed E-state index contributed by atoms with van der Waals surface area (Å²) >= 11 is 7.66. The number of halogens is 1. The van der Waals surface area contributed by atoms with Gasteiger partial charge in [0.15, 0.2) is 11.0 Å². The van der Waals surface area contributed by atoms with Crippen LogP contribution in [0.5, 0.6) is 0 Å². The van der Waals surface area contributed by atoms with Gasteiger partial charge in [-0.3, -0.25) is 0 Å². The Morgan fingerprint density at radius 3 is 2.62 bits per heavy atom. The number of aromatic nitrogens is 3. The molecule has 0 spiro atoms. The van der Waals surface area contributed by atoms with Crippen molar-refractivity contribution in [2.45, 2.75) is 57.0 Å². The van der Waals surface area contributed by atoms with Crippen molar-refractivity contribution in [2.24, 2.45) is 0 Å². The van der Waals surface area contributed by atoms with Gasteiger partial charge in [0.1, 0.15) is 5.58 Å². The average Bonchev–Trinajstić information content (AvgIpc) is 3.17. The first-order chi connectivity index (χ1) is 15.5. The molecule has 4 aromatic rings. The quantitative estimate of drug-likeness (QED) is 0.152. The molecule has 0 atom stereocenters. The van der Waals surface area contributed by atoms with Crippen molar-refractivity contribution < 1.29 is 4.42 Å². The zero-order valence-electron chi connectivity index (χ0n) is 18.3. The molecular weight excluding hydrogens is 442 g/mol. The van der Waals surface area contributed by atoms with E-state index < -0.39 is 0 Å². The molecule has 5 nitrogen and oxygen atoms in total. The fourth-order valence-corrected chi connectivity index (χ4v) is 4.79. The first kappa shape index (κ1) is 22.6. The number of thioether (sulfide) groups is 1. The highest BCUT2D eigenvalue weighted by Crippen LogP contribution is 2.30. The second-order valence-electron chi connectivity index (χ2n) is 7.90. The normalized spacial score (nSPS) is 11.3. The molecule has 0 saturated heterocycles. The summed E-state index contributed by atoms with van der Waals surface area (Å²) in [6, 6.07) is 15.2. The zero-order valence-corrected chi connectivity index (χ0v) is 19.9. The van der Waals surface area contributed by atoms with Crippen LogP contribution in [0.3, 0.4) is 0 Å². The van der Waals surface area contributed by atoms with E-state index in [0.29, 0.717) is 16.4 Å². The van der Waals surface area contributed by atoms with Crippen LogP contribution in [-0.2, 0) is 12.3 Å². The molecule has 0 bridgehead atoms. The lowest BCUT2D eigenvalue weighted by Gasteiger charge is -2.11. The molecule has 32 heavy (non-hydrogen) atoms. The van der Waals surface area contributed by atoms with Gasteiger partial charge in [0.25, 0.3) is 0 Å². The van der Waals surface area contributed by atoms with Gasteiger partial charge in [0.05, 0.1) is 0 Å². The molecule has 2 aromatic heterocycles. The number of nitrogens with zero attached hydrogens (tertiary/aromatic N) is 3. The van der Waals surface area contributed by atoms with Crippen LogP contribution in [0.2, 0.25) is 5.02 Å². The maximum absolute atomic E-state index is 12.1. The minimum Gasteiger partial charge on any atom is -0.423 e. The van der Waals surface area contributed by atoms with Crippen LogP contribution in [0.1, 0.15) is 43.7 Å². The lowest BCUT2D eigenvalue weighted by atomic mass is 10.1. The van der Waals surface area contributed by atoms with E-state index in [1.54, 1.807) is 17.8 Å². The third-order valence-electron chi connectivity index (χ3n) is 5.40. The highest BCUT2D eigenvalue weighted by Gasteiger charge is 2.16. The van der Waals surface area contributed by atoms with Crippen molar-refractivity contribution in [3.63, 3.8) is 0 Å². The van der Waals surface area contributed by atoms with Crippen molar-refractivity contribution in [3.8, 4) is 11.4 Å². The van der Waals surface area contributed by atoms with Gasteiger partial charge < -0.3 is 8.98 Å². The Labute approximate surface area is 196 Å². The Bertz CT molecular complexity index is 1260. The van der Waals surface area contributed by atoms with Gasteiger partial charge in [-0.05, 0) is 54.8 Å². The summed E-state index contributed by atoms with van der Waals surface area (Å²) < 4.78 is 7.58. The Hall–Kier alpha value is -2.57. The molecule has 2 heterocycles. The molecule has 0 N–H and O–H groups in total. The van der Waals surface area contributed by atoms with Gasteiger partial charge in [-0.15, -0.1) is 10.2 Å². The SMILES string of the molecule is CCCCCCn1c(SCc2cc(=O)oc3cc(C)ccc23)nnc1-c1ccc(Cl)cc1. The second-order valence-corrected chi connectivity index (χ2v) is 9.28. The zero-order chi connectivity index (χ0) is 22.5. The maximum Gasteiger partial charge on any atom is 0.336 e. The molecule has 0 aliphatic carbocycles. The lowest BCUT2D eigenvalue weighted by Crippen LogP contribution is -2.04. The molecule has 2 aromatic carbocycles. The number of rotatable bonds is 9. The molecule has 0 aliphatic heterocycles. The van der Waals surface area contributed by atoms with E-state index in [2.05, 4.69) is 21.7 Å². The van der Waals surface area contributed by atoms with Gasteiger partial charge in [-0.2, -0.15) is 0 Å². The smallest absolute Gasteiger partial charge is 0.336 e. The molecule has 0 fully saturated rings. The fraction of sp³-hybridized carbons (Fsp3) is 0.320. The highest BCUT2D eigenvalue weighted by atomic mass is 35.5. The van der Waals surface area contributed by atoms with Gasteiger partial charge >= 0.3 is 5.63 Å². The number of hydrogen-bond acceptors (Lipinski definition) is 5. The van der Waals surface area contributed by atoms with Crippen molar-refractivity contribution in [3.05, 3.63) is 75.1 Å². The predicted molar refractivity (Wildman–Crippen MR) is 131 cm³/mol. The molecule has 166 valence electrons. The summed E-state index contributed by atoms with van der Waals surface area (Å²) in [7, 11) is 0. The minimum atomic E-state index is -0.332. The van der Waals surface area contributed by atoms with Crippen LogP contribution in [0.15, 0.2) is 62.9 Å². The van der Waals surface area contributed by atoms with Crippen molar-refractivity contribution in [2.75, 3.05) is 0 Å². The molecule has 0 amide bonds. The topological polar surface area (TPSA) is 60.9 Å². The Morgan fingerprint density at radius 2 is 1.84 bits per heavy atom. The summed E-state index contributed by atoms with van der Waals surface area (Å²) in [5, 5.41) is 11.5. The summed E-state index contributed by atoms with van der Waals surface area (Å²) in [6.45, 7) is 5.05. The fourth-order valence-electron chi connectivity index (χ4n) is 3.71. The molecule has 7 heteroatoms. The third-order valence-corrected chi connectivity index (χ3v) is 6.66. The van der Waals surface area contributed by atoms with Gasteiger partial charge in [0, 0.05) is 34.3 Å². The second kappa shape index (κ2) is 10.4. The summed E-state index contributed by atoms with van der Waals surface area (Å²) in [6.07, 6.45) is 4.64.